The van der Waals surface area contributed by atoms with Gasteiger partial charge in [0, 0.05) is 0 Å². The van der Waals surface area contributed by atoms with E-state index in [0.29, 0.717) is 11.9 Å². The fourth-order valence-corrected chi connectivity index (χ4v) is 2.36. The van der Waals surface area contributed by atoms with Gasteiger partial charge in [-0.1, -0.05) is 23.3 Å². The first kappa shape index (κ1) is 12.1. The number of rotatable bonds is 5. The highest BCUT2D eigenvalue weighted by molar-refractivity contribution is 5.31. The maximum Gasteiger partial charge on any atom is 0.340 e. The van der Waals surface area contributed by atoms with E-state index >= 15 is 0 Å². The van der Waals surface area contributed by atoms with E-state index in [2.05, 4.69) is 20.8 Å². The first-order chi connectivity index (χ1) is 9.36. The van der Waals surface area contributed by atoms with Crippen molar-refractivity contribution in [1.29, 1.82) is 0 Å². The topological polar surface area (TPSA) is 64.9 Å². The predicted octanol–water partition coefficient (Wildman–Crippen LogP) is 1.04. The van der Waals surface area contributed by atoms with Crippen LogP contribution in [0.25, 0.3) is 5.69 Å². The Bertz CT molecular complexity index is 521. The Labute approximate surface area is 111 Å². The van der Waals surface area contributed by atoms with Crippen molar-refractivity contribution in [3.05, 3.63) is 30.3 Å². The number of tetrazole rings is 1. The van der Waals surface area contributed by atoms with Gasteiger partial charge in [-0.05, 0) is 54.9 Å². The summed E-state index contributed by atoms with van der Waals surface area (Å²) in [5, 5.41) is 14.8. The van der Waals surface area contributed by atoms with Crippen LogP contribution in [0.1, 0.15) is 12.8 Å². The first-order valence-corrected chi connectivity index (χ1v) is 6.52. The van der Waals surface area contributed by atoms with Crippen molar-refractivity contribution in [2.75, 3.05) is 13.6 Å². The number of hydrogen-bond donors (Lipinski definition) is 1. The molecule has 0 saturated heterocycles. The number of benzene rings is 1. The van der Waals surface area contributed by atoms with Crippen LogP contribution in [0.4, 0.5) is 0 Å². The van der Waals surface area contributed by atoms with Crippen molar-refractivity contribution >= 4 is 0 Å². The summed E-state index contributed by atoms with van der Waals surface area (Å²) in [6.07, 6.45) is 2.34. The Morgan fingerprint density at radius 2 is 2.11 bits per heavy atom. The van der Waals surface area contributed by atoms with Gasteiger partial charge < -0.3 is 10.1 Å². The summed E-state index contributed by atoms with van der Waals surface area (Å²) in [4.78, 5) is 0. The van der Waals surface area contributed by atoms with Gasteiger partial charge in [0.2, 0.25) is 0 Å². The molecule has 1 aliphatic carbocycles. The molecule has 100 valence electrons. The Hall–Kier alpha value is -1.95. The van der Waals surface area contributed by atoms with Crippen molar-refractivity contribution < 1.29 is 4.74 Å². The minimum atomic E-state index is 0.229. The molecule has 0 radical (unpaired) electrons. The number of para-hydroxylation sites is 1. The van der Waals surface area contributed by atoms with Crippen LogP contribution in [-0.4, -0.2) is 39.9 Å². The molecule has 6 nitrogen and oxygen atoms in total. The molecule has 0 bridgehead atoms. The molecule has 1 aliphatic rings. The summed E-state index contributed by atoms with van der Waals surface area (Å²) in [5.74, 6) is 0.705. The summed E-state index contributed by atoms with van der Waals surface area (Å²) in [7, 11) is 1.98. The summed E-state index contributed by atoms with van der Waals surface area (Å²) >= 11 is 0. The van der Waals surface area contributed by atoms with Gasteiger partial charge in [0.1, 0.15) is 6.10 Å². The maximum absolute atomic E-state index is 5.85. The Morgan fingerprint density at radius 1 is 1.32 bits per heavy atom. The molecule has 0 unspecified atom stereocenters. The molecule has 6 heteroatoms. The first-order valence-electron chi connectivity index (χ1n) is 6.52. The number of nitrogens with one attached hydrogen (secondary N) is 1. The zero-order valence-corrected chi connectivity index (χ0v) is 10.9. The number of nitrogens with zero attached hydrogens (tertiary/aromatic N) is 4. The molecule has 1 fully saturated rings. The number of ether oxygens (including phenoxy) is 1. The molecule has 0 aliphatic heterocycles. The molecule has 2 aromatic rings. The molecule has 1 saturated carbocycles. The van der Waals surface area contributed by atoms with Gasteiger partial charge in [-0.3, -0.25) is 0 Å². The third kappa shape index (κ3) is 2.58. The normalized spacial score (nSPS) is 21.9. The highest BCUT2D eigenvalue weighted by Crippen LogP contribution is 2.30. The fraction of sp³-hybridized carbons (Fsp3) is 0.462. The molecular weight excluding hydrogens is 242 g/mol. The lowest BCUT2D eigenvalue weighted by Crippen LogP contribution is -2.39. The molecule has 1 N–H and O–H groups in total. The Morgan fingerprint density at radius 3 is 2.84 bits per heavy atom. The average molecular weight is 259 g/mol. The lowest BCUT2D eigenvalue weighted by molar-refractivity contribution is 0.0550. The second kappa shape index (κ2) is 5.36. The Balaban J connectivity index is 1.66. The molecule has 0 spiro atoms. The fourth-order valence-electron chi connectivity index (χ4n) is 2.36. The summed E-state index contributed by atoms with van der Waals surface area (Å²) in [5.41, 5.74) is 0.911. The average Bonchev–Trinajstić information content (AvgIpc) is 2.85. The van der Waals surface area contributed by atoms with Crippen molar-refractivity contribution in [2.45, 2.75) is 18.9 Å². The van der Waals surface area contributed by atoms with Crippen LogP contribution >= 0.6 is 0 Å². The summed E-state index contributed by atoms with van der Waals surface area (Å²) in [6.45, 7) is 1.05. The van der Waals surface area contributed by atoms with Crippen molar-refractivity contribution in [1.82, 2.24) is 25.5 Å². The van der Waals surface area contributed by atoms with E-state index in [4.69, 9.17) is 4.74 Å². The van der Waals surface area contributed by atoms with Gasteiger partial charge in [0.15, 0.2) is 0 Å². The van der Waals surface area contributed by atoms with Gasteiger partial charge in [-0.25, -0.2) is 0 Å². The molecule has 1 aromatic carbocycles. The van der Waals surface area contributed by atoms with E-state index in [1.54, 1.807) is 4.68 Å². The van der Waals surface area contributed by atoms with Gasteiger partial charge in [-0.15, -0.1) is 0 Å². The number of hydrogen-bond acceptors (Lipinski definition) is 5. The van der Waals surface area contributed by atoms with Gasteiger partial charge in [0.05, 0.1) is 5.69 Å². The molecule has 1 aromatic heterocycles. The molecular formula is C13H17N5O. The van der Waals surface area contributed by atoms with Crippen LogP contribution in [0.5, 0.6) is 6.01 Å². The minimum absolute atomic E-state index is 0.229. The van der Waals surface area contributed by atoms with Crippen LogP contribution in [0.2, 0.25) is 0 Å². The summed E-state index contributed by atoms with van der Waals surface area (Å²) < 4.78 is 7.48. The van der Waals surface area contributed by atoms with Crippen LogP contribution < -0.4 is 10.1 Å². The molecule has 0 amide bonds. The zero-order chi connectivity index (χ0) is 13.1. The third-order valence-electron chi connectivity index (χ3n) is 3.40. The van der Waals surface area contributed by atoms with E-state index in [0.717, 1.165) is 25.1 Å². The Kier molecular flexibility index (Phi) is 3.41. The lowest BCUT2D eigenvalue weighted by atomic mass is 9.82. The monoisotopic (exact) mass is 259 g/mol. The quantitative estimate of drug-likeness (QED) is 0.869. The largest absolute Gasteiger partial charge is 0.459 e. The van der Waals surface area contributed by atoms with Crippen LogP contribution in [0, 0.1) is 5.92 Å². The van der Waals surface area contributed by atoms with Gasteiger partial charge in [0.25, 0.3) is 0 Å². The molecule has 3 rings (SSSR count). The lowest BCUT2D eigenvalue weighted by Gasteiger charge is -2.34. The standard InChI is InChI=1S/C13H17N5O/c1-14-9-10-7-12(8-10)19-13-15-16-17-18(13)11-5-3-2-4-6-11/h2-6,10,12,14H,7-9H2,1H3. The van der Waals surface area contributed by atoms with Gasteiger partial charge in [-0.2, -0.15) is 4.68 Å². The van der Waals surface area contributed by atoms with E-state index in [-0.39, 0.29) is 6.10 Å². The molecule has 1 heterocycles. The molecule has 0 atom stereocenters. The smallest absolute Gasteiger partial charge is 0.340 e. The van der Waals surface area contributed by atoms with Crippen molar-refractivity contribution in [2.24, 2.45) is 5.92 Å². The maximum atomic E-state index is 5.85. The highest BCUT2D eigenvalue weighted by atomic mass is 16.5. The zero-order valence-electron chi connectivity index (χ0n) is 10.9. The highest BCUT2D eigenvalue weighted by Gasteiger charge is 2.31. The second-order valence-corrected chi connectivity index (χ2v) is 4.84. The van der Waals surface area contributed by atoms with Crippen LogP contribution in [0.15, 0.2) is 30.3 Å². The number of aromatic nitrogens is 4. The van der Waals surface area contributed by atoms with Crippen molar-refractivity contribution in [3.63, 3.8) is 0 Å². The van der Waals surface area contributed by atoms with E-state index in [1.165, 1.54) is 0 Å². The second-order valence-electron chi connectivity index (χ2n) is 4.84. The predicted molar refractivity (Wildman–Crippen MR) is 70.2 cm³/mol. The molecule has 19 heavy (non-hydrogen) atoms. The van der Waals surface area contributed by atoms with Gasteiger partial charge >= 0.3 is 6.01 Å². The van der Waals surface area contributed by atoms with Crippen molar-refractivity contribution in [3.8, 4) is 11.7 Å². The SMILES string of the molecule is CNCC1CC(Oc2nnnn2-c2ccccc2)C1. The van der Waals surface area contributed by atoms with E-state index in [1.807, 2.05) is 37.4 Å². The van der Waals surface area contributed by atoms with Crippen LogP contribution in [-0.2, 0) is 0 Å². The summed E-state index contributed by atoms with van der Waals surface area (Å²) in [6, 6.07) is 10.2. The van der Waals surface area contributed by atoms with E-state index in [9.17, 15) is 0 Å². The minimum Gasteiger partial charge on any atom is -0.459 e. The van der Waals surface area contributed by atoms with Crippen LogP contribution in [0.3, 0.4) is 0 Å². The van der Waals surface area contributed by atoms with E-state index < -0.39 is 0 Å². The third-order valence-corrected chi connectivity index (χ3v) is 3.40.